The minimum Gasteiger partial charge on any atom is -0.497 e. The summed E-state index contributed by atoms with van der Waals surface area (Å²) < 4.78 is 4.97. The number of methoxy groups -OCH3 is 1. The van der Waals surface area contributed by atoms with Crippen molar-refractivity contribution in [3.63, 3.8) is 0 Å². The SMILES string of the molecule is C.COc1ccc(C(=O)N[C@H](C(=O)NN)[C@@H](C)O)cc1. The number of nitrogens with two attached hydrogens (primary N) is 1. The summed E-state index contributed by atoms with van der Waals surface area (Å²) in [6, 6.07) is 5.23. The van der Waals surface area contributed by atoms with Crippen molar-refractivity contribution in [1.82, 2.24) is 10.7 Å². The van der Waals surface area contributed by atoms with Gasteiger partial charge in [0.05, 0.1) is 13.2 Å². The van der Waals surface area contributed by atoms with E-state index in [-0.39, 0.29) is 7.43 Å². The Labute approximate surface area is 118 Å². The fraction of sp³-hybridized carbons (Fsp3) is 0.385. The first-order valence-electron chi connectivity index (χ1n) is 5.63. The molecule has 0 aromatic heterocycles. The number of hydrazine groups is 1. The maximum atomic E-state index is 11.9. The molecule has 1 aromatic rings. The Morgan fingerprint density at radius 2 is 1.85 bits per heavy atom. The lowest BCUT2D eigenvalue weighted by atomic mass is 10.1. The van der Waals surface area contributed by atoms with E-state index in [9.17, 15) is 14.7 Å². The summed E-state index contributed by atoms with van der Waals surface area (Å²) >= 11 is 0. The normalized spacial score (nSPS) is 12.6. The quantitative estimate of drug-likeness (QED) is 0.339. The molecular weight excluding hydrogens is 262 g/mol. The molecule has 0 aliphatic rings. The molecular formula is C13H21N3O4. The highest BCUT2D eigenvalue weighted by Gasteiger charge is 2.25. The molecule has 7 heteroatoms. The van der Waals surface area contributed by atoms with Crippen molar-refractivity contribution in [3.8, 4) is 5.75 Å². The maximum absolute atomic E-state index is 11.9. The van der Waals surface area contributed by atoms with Crippen molar-refractivity contribution in [2.45, 2.75) is 26.5 Å². The van der Waals surface area contributed by atoms with E-state index in [1.165, 1.54) is 14.0 Å². The van der Waals surface area contributed by atoms with Crippen LogP contribution in [0.15, 0.2) is 24.3 Å². The Morgan fingerprint density at radius 1 is 1.30 bits per heavy atom. The van der Waals surface area contributed by atoms with Gasteiger partial charge in [-0.3, -0.25) is 15.0 Å². The van der Waals surface area contributed by atoms with Crippen LogP contribution in [0.2, 0.25) is 0 Å². The zero-order valence-electron chi connectivity index (χ0n) is 10.7. The molecule has 0 heterocycles. The lowest BCUT2D eigenvalue weighted by Gasteiger charge is -2.19. The van der Waals surface area contributed by atoms with Crippen LogP contribution < -0.4 is 21.3 Å². The van der Waals surface area contributed by atoms with E-state index in [1.54, 1.807) is 24.3 Å². The number of aliphatic hydroxyl groups excluding tert-OH is 1. The van der Waals surface area contributed by atoms with Gasteiger partial charge in [-0.05, 0) is 31.2 Å². The van der Waals surface area contributed by atoms with Crippen LogP contribution in [-0.4, -0.2) is 36.2 Å². The minimum absolute atomic E-state index is 0. The van der Waals surface area contributed by atoms with Crippen molar-refractivity contribution in [2.75, 3.05) is 7.11 Å². The minimum atomic E-state index is -1.11. The molecule has 0 aliphatic carbocycles. The molecule has 20 heavy (non-hydrogen) atoms. The first-order chi connectivity index (χ1) is 8.99. The third-order valence-electron chi connectivity index (χ3n) is 2.55. The Hall–Kier alpha value is -2.12. The van der Waals surface area contributed by atoms with Gasteiger partial charge in [-0.25, -0.2) is 5.84 Å². The first-order valence-corrected chi connectivity index (χ1v) is 5.63. The van der Waals surface area contributed by atoms with Crippen molar-refractivity contribution < 1.29 is 19.4 Å². The van der Waals surface area contributed by atoms with Gasteiger partial charge in [0.15, 0.2) is 0 Å². The number of hydrogen-bond donors (Lipinski definition) is 4. The molecule has 2 atom stereocenters. The summed E-state index contributed by atoms with van der Waals surface area (Å²) in [5, 5.41) is 11.8. The average Bonchev–Trinajstić information content (AvgIpc) is 2.43. The number of rotatable bonds is 5. The summed E-state index contributed by atoms with van der Waals surface area (Å²) in [5.41, 5.74) is 2.23. The smallest absolute Gasteiger partial charge is 0.259 e. The van der Waals surface area contributed by atoms with Crippen molar-refractivity contribution in [2.24, 2.45) is 5.84 Å². The highest BCUT2D eigenvalue weighted by Crippen LogP contribution is 2.11. The number of nitrogens with one attached hydrogen (secondary N) is 2. The fourth-order valence-corrected chi connectivity index (χ4v) is 1.46. The second-order valence-electron chi connectivity index (χ2n) is 3.93. The van der Waals surface area contributed by atoms with E-state index in [1.807, 2.05) is 5.43 Å². The molecule has 112 valence electrons. The molecule has 2 amide bonds. The molecule has 5 N–H and O–H groups in total. The third kappa shape index (κ3) is 4.52. The summed E-state index contributed by atoms with van der Waals surface area (Å²) in [6.45, 7) is 1.38. The van der Waals surface area contributed by atoms with Crippen molar-refractivity contribution in [3.05, 3.63) is 29.8 Å². The zero-order chi connectivity index (χ0) is 14.4. The molecule has 0 radical (unpaired) electrons. The Kier molecular flexibility index (Phi) is 7.27. The summed E-state index contributed by atoms with van der Waals surface area (Å²) in [6.07, 6.45) is -1.06. The van der Waals surface area contributed by atoms with E-state index < -0.39 is 24.0 Å². The van der Waals surface area contributed by atoms with Gasteiger partial charge < -0.3 is 15.2 Å². The van der Waals surface area contributed by atoms with Gasteiger partial charge >= 0.3 is 0 Å². The van der Waals surface area contributed by atoms with Crippen LogP contribution in [0.5, 0.6) is 5.75 Å². The average molecular weight is 283 g/mol. The van der Waals surface area contributed by atoms with Gasteiger partial charge in [0.2, 0.25) is 0 Å². The van der Waals surface area contributed by atoms with Crippen molar-refractivity contribution in [1.29, 1.82) is 0 Å². The number of carbonyl (C=O) groups excluding carboxylic acids is 2. The monoisotopic (exact) mass is 283 g/mol. The van der Waals surface area contributed by atoms with Crippen LogP contribution in [-0.2, 0) is 4.79 Å². The number of benzene rings is 1. The van der Waals surface area contributed by atoms with Crippen LogP contribution in [0.4, 0.5) is 0 Å². The molecule has 7 nitrogen and oxygen atoms in total. The van der Waals surface area contributed by atoms with E-state index in [0.717, 1.165) is 0 Å². The van der Waals surface area contributed by atoms with Crippen LogP contribution in [0.3, 0.4) is 0 Å². The second-order valence-corrected chi connectivity index (χ2v) is 3.93. The summed E-state index contributed by atoms with van der Waals surface area (Å²) in [5.74, 6) is 4.44. The molecule has 0 unspecified atom stereocenters. The molecule has 0 aliphatic heterocycles. The molecule has 0 saturated heterocycles. The molecule has 1 aromatic carbocycles. The van der Waals surface area contributed by atoms with Gasteiger partial charge in [-0.1, -0.05) is 7.43 Å². The predicted molar refractivity (Wildman–Crippen MR) is 75.0 cm³/mol. The van der Waals surface area contributed by atoms with E-state index in [4.69, 9.17) is 10.6 Å². The van der Waals surface area contributed by atoms with Crippen molar-refractivity contribution >= 4 is 11.8 Å². The van der Waals surface area contributed by atoms with Gasteiger partial charge in [0, 0.05) is 5.56 Å². The number of ether oxygens (including phenoxy) is 1. The number of amides is 2. The van der Waals surface area contributed by atoms with Gasteiger partial charge in [-0.15, -0.1) is 0 Å². The highest BCUT2D eigenvalue weighted by atomic mass is 16.5. The Bertz CT molecular complexity index is 445. The Morgan fingerprint density at radius 3 is 2.25 bits per heavy atom. The largest absolute Gasteiger partial charge is 0.497 e. The van der Waals surface area contributed by atoms with Gasteiger partial charge in [0.1, 0.15) is 11.8 Å². The lowest BCUT2D eigenvalue weighted by molar-refractivity contribution is -0.125. The standard InChI is InChI=1S/C12H17N3O4.CH4/c1-7(16)10(12(18)15-13)14-11(17)8-3-5-9(19-2)6-4-8;/h3-7,10,16H,13H2,1-2H3,(H,14,17)(H,15,18);1H4/t7-,10+;/m1./s1. The van der Waals surface area contributed by atoms with Crippen LogP contribution >= 0.6 is 0 Å². The van der Waals surface area contributed by atoms with Crippen LogP contribution in [0.1, 0.15) is 24.7 Å². The molecule has 0 spiro atoms. The maximum Gasteiger partial charge on any atom is 0.259 e. The van der Waals surface area contributed by atoms with E-state index in [2.05, 4.69) is 5.32 Å². The molecule has 0 fully saturated rings. The summed E-state index contributed by atoms with van der Waals surface area (Å²) in [7, 11) is 1.52. The van der Waals surface area contributed by atoms with Gasteiger partial charge in [0.25, 0.3) is 11.8 Å². The second kappa shape index (κ2) is 8.13. The topological polar surface area (TPSA) is 114 Å². The van der Waals surface area contributed by atoms with Crippen LogP contribution in [0, 0.1) is 0 Å². The molecule has 0 saturated carbocycles. The number of aliphatic hydroxyl groups is 1. The van der Waals surface area contributed by atoms with E-state index in [0.29, 0.717) is 11.3 Å². The predicted octanol–water partition coefficient (Wildman–Crippen LogP) is -0.200. The summed E-state index contributed by atoms with van der Waals surface area (Å²) in [4.78, 5) is 23.3. The number of hydrogen-bond acceptors (Lipinski definition) is 5. The van der Waals surface area contributed by atoms with Gasteiger partial charge in [-0.2, -0.15) is 0 Å². The first kappa shape index (κ1) is 17.9. The van der Waals surface area contributed by atoms with E-state index >= 15 is 0 Å². The fourth-order valence-electron chi connectivity index (χ4n) is 1.46. The molecule has 0 bridgehead atoms. The van der Waals surface area contributed by atoms with Crippen LogP contribution in [0.25, 0.3) is 0 Å². The highest BCUT2D eigenvalue weighted by molar-refractivity contribution is 5.97. The third-order valence-corrected chi connectivity index (χ3v) is 2.55. The zero-order valence-corrected chi connectivity index (χ0v) is 10.7. The Balaban J connectivity index is 0.00000361. The number of carbonyl (C=O) groups is 2. The molecule has 1 rings (SSSR count). The lowest BCUT2D eigenvalue weighted by Crippen LogP contribution is -2.54.